The van der Waals surface area contributed by atoms with Gasteiger partial charge in [-0.3, -0.25) is 4.98 Å². The van der Waals surface area contributed by atoms with Crippen molar-refractivity contribution in [1.82, 2.24) is 29.3 Å². The number of alkyl halides is 2. The zero-order chi connectivity index (χ0) is 28.9. The fourth-order valence-electron chi connectivity index (χ4n) is 7.21. The van der Waals surface area contributed by atoms with Crippen molar-refractivity contribution in [2.45, 2.75) is 63.3 Å². The fraction of sp³-hybridized carbons (Fsp3) is 0.333. The van der Waals surface area contributed by atoms with E-state index in [2.05, 4.69) is 15.2 Å². The zero-order valence-electron chi connectivity index (χ0n) is 22.5. The Labute approximate surface area is 237 Å². The quantitative estimate of drug-likeness (QED) is 0.258. The normalized spacial score (nSPS) is 20.1. The molecule has 1 saturated carbocycles. The highest BCUT2D eigenvalue weighted by Gasteiger charge is 2.44. The molecule has 12 heteroatoms. The number of ether oxygens (including phenoxy) is 1. The Hall–Kier alpha value is -4.32. The standard InChI is InChI=1S/C30H25F4N7O/c1-14-38-39-27-16-5-4-6-24(42-29(33)34)25(16)22-12-23(40(14)27)28-37-20-11-18(31)17(10-21(20)41(22)28)15-9-19(32)26(36-13-15)30(35)7-2-3-8-30/h4-6,9-11,13,22-23,29H,2-3,7-8,12,35H2,1H3/t22-,23-/m1/s1. The van der Waals surface area contributed by atoms with Crippen molar-refractivity contribution in [3.63, 3.8) is 0 Å². The van der Waals surface area contributed by atoms with E-state index in [1.54, 1.807) is 12.1 Å². The Bertz CT molecular complexity index is 1910. The van der Waals surface area contributed by atoms with Crippen LogP contribution in [0, 0.1) is 18.6 Å². The zero-order valence-corrected chi connectivity index (χ0v) is 22.5. The lowest BCUT2D eigenvalue weighted by Gasteiger charge is -2.23. The van der Waals surface area contributed by atoms with Crippen molar-refractivity contribution < 1.29 is 22.3 Å². The summed E-state index contributed by atoms with van der Waals surface area (Å²) in [5.74, 6) is 0.668. The third kappa shape index (κ3) is 3.50. The average Bonchev–Trinajstić information content (AvgIpc) is 3.70. The van der Waals surface area contributed by atoms with Crippen molar-refractivity contribution in [2.24, 2.45) is 5.73 Å². The van der Waals surface area contributed by atoms with Gasteiger partial charge in [0.1, 0.15) is 29.0 Å². The molecule has 5 aromatic rings. The minimum absolute atomic E-state index is 0.0295. The number of rotatable bonds is 4. The summed E-state index contributed by atoms with van der Waals surface area (Å²) in [6.07, 6.45) is 5.04. The lowest BCUT2D eigenvalue weighted by molar-refractivity contribution is -0.0506. The first-order chi connectivity index (χ1) is 20.2. The largest absolute Gasteiger partial charge is 0.434 e. The third-order valence-electron chi connectivity index (χ3n) is 9.02. The highest BCUT2D eigenvalue weighted by molar-refractivity contribution is 5.84. The first-order valence-electron chi connectivity index (χ1n) is 13.9. The number of imidazole rings is 1. The van der Waals surface area contributed by atoms with E-state index >= 15 is 8.78 Å². The number of hydrogen-bond donors (Lipinski definition) is 1. The molecule has 8 rings (SSSR count). The number of halogens is 4. The van der Waals surface area contributed by atoms with Crippen LogP contribution in [0.5, 0.6) is 5.75 Å². The smallest absolute Gasteiger partial charge is 0.387 e. The van der Waals surface area contributed by atoms with Gasteiger partial charge in [-0.25, -0.2) is 13.8 Å². The predicted octanol–water partition coefficient (Wildman–Crippen LogP) is 6.17. The highest BCUT2D eigenvalue weighted by atomic mass is 19.3. The van der Waals surface area contributed by atoms with Crippen LogP contribution in [-0.4, -0.2) is 35.9 Å². The number of nitrogens with two attached hydrogens (primary N) is 1. The maximum atomic E-state index is 15.6. The van der Waals surface area contributed by atoms with Gasteiger partial charge in [-0.15, -0.1) is 10.2 Å². The van der Waals surface area contributed by atoms with E-state index in [1.807, 2.05) is 22.1 Å². The maximum Gasteiger partial charge on any atom is 0.387 e. The van der Waals surface area contributed by atoms with Gasteiger partial charge >= 0.3 is 6.61 Å². The van der Waals surface area contributed by atoms with Gasteiger partial charge in [0.05, 0.1) is 34.3 Å². The Morgan fingerprint density at radius 1 is 1.00 bits per heavy atom. The molecule has 3 aliphatic rings. The van der Waals surface area contributed by atoms with Crippen molar-refractivity contribution in [3.05, 3.63) is 77.1 Å². The summed E-state index contributed by atoms with van der Waals surface area (Å²) in [4.78, 5) is 9.16. The van der Waals surface area contributed by atoms with E-state index in [-0.39, 0.29) is 28.6 Å². The lowest BCUT2D eigenvalue weighted by atomic mass is 9.92. The van der Waals surface area contributed by atoms with E-state index in [9.17, 15) is 8.78 Å². The summed E-state index contributed by atoms with van der Waals surface area (Å²) >= 11 is 0. The molecular weight excluding hydrogens is 550 g/mol. The summed E-state index contributed by atoms with van der Waals surface area (Å²) in [7, 11) is 0. The van der Waals surface area contributed by atoms with Crippen LogP contribution >= 0.6 is 0 Å². The molecule has 42 heavy (non-hydrogen) atoms. The van der Waals surface area contributed by atoms with E-state index in [1.165, 1.54) is 24.4 Å². The van der Waals surface area contributed by atoms with Gasteiger partial charge in [-0.1, -0.05) is 25.0 Å². The van der Waals surface area contributed by atoms with Crippen molar-refractivity contribution >= 4 is 11.0 Å². The van der Waals surface area contributed by atoms with Crippen LogP contribution < -0.4 is 10.5 Å². The second kappa shape index (κ2) is 8.84. The Balaban J connectivity index is 1.33. The number of pyridine rings is 1. The molecule has 0 spiro atoms. The number of aryl methyl sites for hydroxylation is 1. The van der Waals surface area contributed by atoms with E-state index in [0.29, 0.717) is 58.9 Å². The Morgan fingerprint density at radius 2 is 1.81 bits per heavy atom. The summed E-state index contributed by atoms with van der Waals surface area (Å²) in [6, 6.07) is 8.39. The maximum absolute atomic E-state index is 15.6. The number of benzene rings is 2. The molecule has 214 valence electrons. The molecule has 0 radical (unpaired) electrons. The van der Waals surface area contributed by atoms with Gasteiger partial charge in [-0.05, 0) is 38.0 Å². The summed E-state index contributed by atoms with van der Waals surface area (Å²) in [5, 5.41) is 8.63. The topological polar surface area (TPSA) is 96.7 Å². The Kier molecular flexibility index (Phi) is 5.34. The number of aromatic nitrogens is 6. The van der Waals surface area contributed by atoms with Gasteiger partial charge in [0.15, 0.2) is 5.82 Å². The lowest BCUT2D eigenvalue weighted by Crippen LogP contribution is -2.35. The van der Waals surface area contributed by atoms with Crippen LogP contribution in [0.1, 0.15) is 67.1 Å². The summed E-state index contributed by atoms with van der Waals surface area (Å²) in [6.45, 7) is -1.21. The minimum atomic E-state index is -3.03. The molecule has 1 aliphatic carbocycles. The Morgan fingerprint density at radius 3 is 2.57 bits per heavy atom. The fourth-order valence-corrected chi connectivity index (χ4v) is 7.21. The molecule has 5 heterocycles. The molecule has 0 saturated heterocycles. The number of nitrogens with zero attached hydrogens (tertiary/aromatic N) is 6. The molecule has 1 fully saturated rings. The third-order valence-corrected chi connectivity index (χ3v) is 9.02. The highest BCUT2D eigenvalue weighted by Crippen LogP contribution is 2.52. The van der Waals surface area contributed by atoms with Crippen LogP contribution in [0.2, 0.25) is 0 Å². The molecule has 0 amide bonds. The number of fused-ring (bicyclic) bond motifs is 6. The second-order valence-corrected chi connectivity index (χ2v) is 11.4. The van der Waals surface area contributed by atoms with Gasteiger partial charge < -0.3 is 19.6 Å². The van der Waals surface area contributed by atoms with Crippen LogP contribution in [0.15, 0.2) is 42.6 Å². The van der Waals surface area contributed by atoms with E-state index < -0.39 is 29.8 Å². The van der Waals surface area contributed by atoms with Gasteiger partial charge in [0.25, 0.3) is 0 Å². The molecule has 2 aliphatic heterocycles. The molecule has 2 aromatic carbocycles. The molecule has 2 N–H and O–H groups in total. The second-order valence-electron chi connectivity index (χ2n) is 11.4. The molecule has 0 unspecified atom stereocenters. The minimum Gasteiger partial charge on any atom is -0.434 e. The van der Waals surface area contributed by atoms with E-state index in [0.717, 1.165) is 12.8 Å². The predicted molar refractivity (Wildman–Crippen MR) is 145 cm³/mol. The average molecular weight is 576 g/mol. The summed E-state index contributed by atoms with van der Waals surface area (Å²) in [5.41, 5.74) is 8.37. The summed E-state index contributed by atoms with van der Waals surface area (Å²) < 4.78 is 66.9. The van der Waals surface area contributed by atoms with Crippen molar-refractivity contribution in [3.8, 4) is 28.3 Å². The first kappa shape index (κ1) is 25.4. The first-order valence-corrected chi connectivity index (χ1v) is 13.9. The van der Waals surface area contributed by atoms with Crippen LogP contribution in [0.4, 0.5) is 17.6 Å². The molecule has 3 aromatic heterocycles. The molecule has 8 nitrogen and oxygen atoms in total. The number of hydrogen-bond acceptors (Lipinski definition) is 6. The van der Waals surface area contributed by atoms with Gasteiger partial charge in [0.2, 0.25) is 0 Å². The van der Waals surface area contributed by atoms with E-state index in [4.69, 9.17) is 15.5 Å². The van der Waals surface area contributed by atoms with Crippen LogP contribution in [0.25, 0.3) is 33.5 Å². The van der Waals surface area contributed by atoms with Crippen LogP contribution in [-0.2, 0) is 5.54 Å². The molecule has 2 bridgehead atoms. The van der Waals surface area contributed by atoms with Crippen molar-refractivity contribution in [1.29, 1.82) is 0 Å². The monoisotopic (exact) mass is 575 g/mol. The molecular formula is C30H25F4N7O. The van der Waals surface area contributed by atoms with Gasteiger partial charge in [0, 0.05) is 40.9 Å². The van der Waals surface area contributed by atoms with Gasteiger partial charge in [-0.2, -0.15) is 8.78 Å². The SMILES string of the molecule is Cc1nnc2n1[C@@H]1C[C@H](c3c(OC(F)F)cccc3-2)n2c1nc1cc(F)c(-c3cnc(C4(N)CCCC4)c(F)c3)cc12. The van der Waals surface area contributed by atoms with Crippen molar-refractivity contribution in [2.75, 3.05) is 0 Å². The molecule has 2 atom stereocenters. The van der Waals surface area contributed by atoms with Crippen LogP contribution in [0.3, 0.4) is 0 Å².